The Balaban J connectivity index is 2.34. The molecule has 0 saturated carbocycles. The number of carbonyl (C=O) groups is 1. The molecule has 96 valence electrons. The van der Waals surface area contributed by atoms with Crippen LogP contribution in [0.3, 0.4) is 0 Å². The van der Waals surface area contributed by atoms with Gasteiger partial charge in [0.15, 0.2) is 0 Å². The van der Waals surface area contributed by atoms with Crippen LogP contribution in [0.1, 0.15) is 36.6 Å². The Bertz CT molecular complexity index is 598. The van der Waals surface area contributed by atoms with Crippen molar-refractivity contribution in [3.05, 3.63) is 34.8 Å². The van der Waals surface area contributed by atoms with E-state index in [2.05, 4.69) is 4.98 Å². The summed E-state index contributed by atoms with van der Waals surface area (Å²) < 4.78 is 13.5. The quantitative estimate of drug-likeness (QED) is 0.875. The van der Waals surface area contributed by atoms with E-state index in [0.717, 1.165) is 29.4 Å². The maximum atomic E-state index is 13.5. The Hall–Kier alpha value is -1.64. The van der Waals surface area contributed by atoms with E-state index in [-0.39, 0.29) is 11.6 Å². The maximum absolute atomic E-state index is 13.5. The Labute approximate surface area is 106 Å². The highest BCUT2D eigenvalue weighted by atomic mass is 19.1. The molecule has 2 nitrogen and oxygen atoms in total. The van der Waals surface area contributed by atoms with Gasteiger partial charge in [-0.25, -0.2) is 4.39 Å². The molecule has 18 heavy (non-hydrogen) atoms. The maximum Gasteiger partial charge on any atom is 0.129 e. The summed E-state index contributed by atoms with van der Waals surface area (Å²) in [6.45, 7) is 5.38. The van der Waals surface area contributed by atoms with Crippen molar-refractivity contribution in [3.8, 4) is 0 Å². The van der Waals surface area contributed by atoms with Crippen LogP contribution in [0.25, 0.3) is 10.9 Å². The lowest BCUT2D eigenvalue weighted by Gasteiger charge is -2.02. The highest BCUT2D eigenvalue weighted by Crippen LogP contribution is 2.26. The molecule has 1 heterocycles. The first kappa shape index (κ1) is 12.8. The zero-order chi connectivity index (χ0) is 13.3. The van der Waals surface area contributed by atoms with E-state index in [9.17, 15) is 9.18 Å². The molecule has 0 saturated heterocycles. The third-order valence-electron chi connectivity index (χ3n) is 3.35. The Morgan fingerprint density at radius 1 is 1.33 bits per heavy atom. The van der Waals surface area contributed by atoms with E-state index in [1.54, 1.807) is 19.9 Å². The van der Waals surface area contributed by atoms with Gasteiger partial charge >= 0.3 is 0 Å². The van der Waals surface area contributed by atoms with Gasteiger partial charge in [-0.1, -0.05) is 0 Å². The van der Waals surface area contributed by atoms with E-state index < -0.39 is 0 Å². The van der Waals surface area contributed by atoms with Gasteiger partial charge in [-0.05, 0) is 56.9 Å². The fourth-order valence-corrected chi connectivity index (χ4v) is 2.35. The van der Waals surface area contributed by atoms with Crippen LogP contribution in [0, 0.1) is 19.7 Å². The van der Waals surface area contributed by atoms with Crippen LogP contribution < -0.4 is 0 Å². The van der Waals surface area contributed by atoms with Gasteiger partial charge in [0.1, 0.15) is 11.6 Å². The second-order valence-corrected chi connectivity index (χ2v) is 4.93. The van der Waals surface area contributed by atoms with Crippen LogP contribution in [0.2, 0.25) is 0 Å². The zero-order valence-corrected chi connectivity index (χ0v) is 11.1. The third kappa shape index (κ3) is 2.45. The van der Waals surface area contributed by atoms with Gasteiger partial charge in [0.25, 0.3) is 0 Å². The molecular weight excluding hydrogens is 229 g/mol. The van der Waals surface area contributed by atoms with Crippen LogP contribution >= 0.6 is 0 Å². The van der Waals surface area contributed by atoms with Crippen LogP contribution in [0.15, 0.2) is 12.1 Å². The number of aromatic amines is 1. The van der Waals surface area contributed by atoms with E-state index in [4.69, 9.17) is 0 Å². The summed E-state index contributed by atoms with van der Waals surface area (Å²) in [5.74, 6) is 0.0359. The van der Waals surface area contributed by atoms with Crippen molar-refractivity contribution in [3.63, 3.8) is 0 Å². The number of halogens is 1. The highest BCUT2D eigenvalue weighted by Gasteiger charge is 2.10. The summed E-state index contributed by atoms with van der Waals surface area (Å²) in [6, 6.07) is 3.43. The number of rotatable bonds is 4. The number of H-pyrrole nitrogens is 1. The number of aromatic nitrogens is 1. The smallest absolute Gasteiger partial charge is 0.129 e. The lowest BCUT2D eigenvalue weighted by molar-refractivity contribution is -0.117. The second kappa shape index (κ2) is 4.92. The molecule has 1 N–H and O–H groups in total. The SMILES string of the molecule is CC(=O)CCCc1c(C)[nH]c2cc(F)c(C)cc12. The Morgan fingerprint density at radius 2 is 2.06 bits per heavy atom. The minimum Gasteiger partial charge on any atom is -0.358 e. The van der Waals surface area contributed by atoms with Crippen molar-refractivity contribution < 1.29 is 9.18 Å². The summed E-state index contributed by atoms with van der Waals surface area (Å²) in [7, 11) is 0. The van der Waals surface area contributed by atoms with Crippen molar-refractivity contribution in [1.82, 2.24) is 4.98 Å². The molecule has 2 aromatic rings. The van der Waals surface area contributed by atoms with Crippen LogP contribution in [0.4, 0.5) is 4.39 Å². The minimum atomic E-state index is -0.181. The average molecular weight is 247 g/mol. The predicted octanol–water partition coefficient (Wildman–Crippen LogP) is 3.84. The molecule has 1 aromatic carbocycles. The standard InChI is InChI=1S/C15H18FNO/c1-9-7-13-12(6-4-5-10(2)18)11(3)17-15(13)8-14(9)16/h7-8,17H,4-6H2,1-3H3. The molecular formula is C15H18FNO. The first-order chi connectivity index (χ1) is 8.49. The number of carbonyl (C=O) groups excluding carboxylic acids is 1. The van der Waals surface area contributed by atoms with E-state index in [1.165, 1.54) is 5.56 Å². The molecule has 3 heteroatoms. The molecule has 0 aliphatic heterocycles. The minimum absolute atomic E-state index is 0.181. The van der Waals surface area contributed by atoms with Crippen molar-refractivity contribution in [2.24, 2.45) is 0 Å². The van der Waals surface area contributed by atoms with E-state index in [1.807, 2.05) is 13.0 Å². The zero-order valence-electron chi connectivity index (χ0n) is 11.1. The number of nitrogens with one attached hydrogen (secondary N) is 1. The fourth-order valence-electron chi connectivity index (χ4n) is 2.35. The van der Waals surface area contributed by atoms with Gasteiger partial charge in [-0.2, -0.15) is 0 Å². The molecule has 0 amide bonds. The van der Waals surface area contributed by atoms with Crippen LogP contribution in [-0.2, 0) is 11.2 Å². The molecule has 0 aliphatic carbocycles. The molecule has 2 rings (SSSR count). The Morgan fingerprint density at radius 3 is 2.72 bits per heavy atom. The van der Waals surface area contributed by atoms with Gasteiger partial charge in [0.05, 0.1) is 0 Å². The highest BCUT2D eigenvalue weighted by molar-refractivity contribution is 5.85. The van der Waals surface area contributed by atoms with Gasteiger partial charge < -0.3 is 9.78 Å². The molecule has 1 aromatic heterocycles. The summed E-state index contributed by atoms with van der Waals surface area (Å²) >= 11 is 0. The van der Waals surface area contributed by atoms with Crippen molar-refractivity contribution >= 4 is 16.7 Å². The molecule has 0 spiro atoms. The topological polar surface area (TPSA) is 32.9 Å². The van der Waals surface area contributed by atoms with Gasteiger partial charge in [0, 0.05) is 23.0 Å². The van der Waals surface area contributed by atoms with Crippen LogP contribution in [0.5, 0.6) is 0 Å². The second-order valence-electron chi connectivity index (χ2n) is 4.93. The predicted molar refractivity (Wildman–Crippen MR) is 71.3 cm³/mol. The monoisotopic (exact) mass is 247 g/mol. The van der Waals surface area contributed by atoms with Crippen molar-refractivity contribution in [2.45, 2.75) is 40.0 Å². The van der Waals surface area contributed by atoms with Crippen molar-refractivity contribution in [2.75, 3.05) is 0 Å². The lowest BCUT2D eigenvalue weighted by Crippen LogP contribution is -1.93. The van der Waals surface area contributed by atoms with Gasteiger partial charge in [-0.15, -0.1) is 0 Å². The number of aryl methyl sites for hydroxylation is 3. The first-order valence-electron chi connectivity index (χ1n) is 6.25. The number of ketones is 1. The number of hydrogen-bond acceptors (Lipinski definition) is 1. The van der Waals surface area contributed by atoms with E-state index >= 15 is 0 Å². The molecule has 0 unspecified atom stereocenters. The summed E-state index contributed by atoms with van der Waals surface area (Å²) in [5.41, 5.74) is 3.77. The molecule has 0 fully saturated rings. The average Bonchev–Trinajstić information content (AvgIpc) is 2.56. The van der Waals surface area contributed by atoms with Gasteiger partial charge in [-0.3, -0.25) is 0 Å². The van der Waals surface area contributed by atoms with Crippen molar-refractivity contribution in [1.29, 1.82) is 0 Å². The number of benzene rings is 1. The molecule has 0 bridgehead atoms. The lowest BCUT2D eigenvalue weighted by atomic mass is 10.0. The van der Waals surface area contributed by atoms with Gasteiger partial charge in [0.2, 0.25) is 0 Å². The molecule has 0 atom stereocenters. The normalized spacial score (nSPS) is 11.1. The third-order valence-corrected chi connectivity index (χ3v) is 3.35. The molecule has 0 aliphatic rings. The number of fused-ring (bicyclic) bond motifs is 1. The number of Topliss-reactive ketones (excluding diaryl/α,β-unsaturated/α-hetero) is 1. The summed E-state index contributed by atoms with van der Waals surface area (Å²) in [4.78, 5) is 14.2. The van der Waals surface area contributed by atoms with Crippen LogP contribution in [-0.4, -0.2) is 10.8 Å². The summed E-state index contributed by atoms with van der Waals surface area (Å²) in [5, 5.41) is 1.08. The number of hydrogen-bond donors (Lipinski definition) is 1. The Kier molecular flexibility index (Phi) is 3.50. The summed E-state index contributed by atoms with van der Waals surface area (Å²) in [6.07, 6.45) is 2.31. The fraction of sp³-hybridized carbons (Fsp3) is 0.400. The van der Waals surface area contributed by atoms with E-state index in [0.29, 0.717) is 12.0 Å². The first-order valence-corrected chi connectivity index (χ1v) is 6.25. The largest absolute Gasteiger partial charge is 0.358 e. The molecule has 0 radical (unpaired) electrons.